The van der Waals surface area contributed by atoms with Crippen molar-refractivity contribution in [2.75, 3.05) is 0 Å². The summed E-state index contributed by atoms with van der Waals surface area (Å²) < 4.78 is 1.02. The standard InChI is InChI=1S/C9H7IN2S2/c10-9-12-11-8(14-9)7-4-5-2-1-3-6(5)13-7/h4H,1-3H2. The average Bonchev–Trinajstić information content (AvgIpc) is 2.75. The summed E-state index contributed by atoms with van der Waals surface area (Å²) in [5.74, 6) is 0. The van der Waals surface area contributed by atoms with Gasteiger partial charge in [-0.3, -0.25) is 0 Å². The minimum Gasteiger partial charge on any atom is -0.137 e. The first-order valence-electron chi connectivity index (χ1n) is 4.44. The van der Waals surface area contributed by atoms with Crippen LogP contribution in [0.5, 0.6) is 0 Å². The van der Waals surface area contributed by atoms with Gasteiger partial charge in [-0.2, -0.15) is 0 Å². The summed E-state index contributed by atoms with van der Waals surface area (Å²) in [6.07, 6.45) is 3.84. The minimum absolute atomic E-state index is 1.02. The zero-order valence-corrected chi connectivity index (χ0v) is 11.1. The predicted molar refractivity (Wildman–Crippen MR) is 68.0 cm³/mol. The maximum absolute atomic E-state index is 4.17. The van der Waals surface area contributed by atoms with Gasteiger partial charge in [0.05, 0.1) is 4.88 Å². The van der Waals surface area contributed by atoms with Crippen LogP contribution in [0.25, 0.3) is 9.88 Å². The highest BCUT2D eigenvalue weighted by molar-refractivity contribution is 14.1. The number of aryl methyl sites for hydroxylation is 2. The number of aromatic nitrogens is 2. The Labute approximate surface area is 104 Å². The van der Waals surface area contributed by atoms with Crippen molar-refractivity contribution in [1.29, 1.82) is 0 Å². The van der Waals surface area contributed by atoms with E-state index in [4.69, 9.17) is 0 Å². The van der Waals surface area contributed by atoms with Crippen molar-refractivity contribution in [3.63, 3.8) is 0 Å². The lowest BCUT2D eigenvalue weighted by Gasteiger charge is -1.87. The Morgan fingerprint density at radius 3 is 2.86 bits per heavy atom. The van der Waals surface area contributed by atoms with E-state index in [2.05, 4.69) is 38.9 Å². The summed E-state index contributed by atoms with van der Waals surface area (Å²) in [6.45, 7) is 0. The number of hydrogen-bond acceptors (Lipinski definition) is 4. The third-order valence-electron chi connectivity index (χ3n) is 2.36. The molecule has 72 valence electrons. The molecule has 0 N–H and O–H groups in total. The number of halogens is 1. The second-order valence-corrected chi connectivity index (χ2v) is 7.14. The van der Waals surface area contributed by atoms with E-state index in [0.717, 1.165) is 8.02 Å². The van der Waals surface area contributed by atoms with Crippen molar-refractivity contribution in [1.82, 2.24) is 10.2 Å². The van der Waals surface area contributed by atoms with Gasteiger partial charge >= 0.3 is 0 Å². The fraction of sp³-hybridized carbons (Fsp3) is 0.333. The van der Waals surface area contributed by atoms with Crippen LogP contribution in [0.1, 0.15) is 16.9 Å². The number of fused-ring (bicyclic) bond motifs is 1. The molecule has 1 aliphatic carbocycles. The van der Waals surface area contributed by atoms with Crippen molar-refractivity contribution >= 4 is 45.3 Å². The summed E-state index contributed by atoms with van der Waals surface area (Å²) in [5.41, 5.74) is 1.54. The summed E-state index contributed by atoms with van der Waals surface area (Å²) in [4.78, 5) is 2.86. The molecule has 0 spiro atoms. The molecule has 3 rings (SSSR count). The van der Waals surface area contributed by atoms with Crippen LogP contribution >= 0.6 is 45.3 Å². The molecule has 0 atom stereocenters. The summed E-state index contributed by atoms with van der Waals surface area (Å²) in [7, 11) is 0. The Bertz CT molecular complexity index is 453. The van der Waals surface area contributed by atoms with E-state index in [0.29, 0.717) is 0 Å². The molecule has 0 radical (unpaired) electrons. The Hall–Kier alpha value is -0.0100. The lowest BCUT2D eigenvalue weighted by atomic mass is 10.2. The van der Waals surface area contributed by atoms with Crippen LogP contribution in [0.2, 0.25) is 0 Å². The molecule has 0 saturated heterocycles. The summed E-state index contributed by atoms with van der Waals surface area (Å²) in [5, 5.41) is 9.29. The van der Waals surface area contributed by atoms with E-state index in [-0.39, 0.29) is 0 Å². The van der Waals surface area contributed by atoms with Crippen molar-refractivity contribution in [2.45, 2.75) is 19.3 Å². The van der Waals surface area contributed by atoms with Crippen LogP contribution in [-0.4, -0.2) is 10.2 Å². The van der Waals surface area contributed by atoms with Gasteiger partial charge in [0, 0.05) is 4.88 Å². The van der Waals surface area contributed by atoms with Crippen LogP contribution in [-0.2, 0) is 12.8 Å². The highest BCUT2D eigenvalue weighted by atomic mass is 127. The van der Waals surface area contributed by atoms with Crippen LogP contribution < -0.4 is 0 Å². The van der Waals surface area contributed by atoms with E-state index in [1.807, 2.05) is 11.3 Å². The topological polar surface area (TPSA) is 25.8 Å². The fourth-order valence-electron chi connectivity index (χ4n) is 1.74. The SMILES string of the molecule is Ic1nnc(-c2cc3c(s2)CCC3)s1. The van der Waals surface area contributed by atoms with E-state index in [1.54, 1.807) is 16.2 Å². The molecule has 0 aromatic carbocycles. The number of hydrogen-bond donors (Lipinski definition) is 0. The molecule has 0 amide bonds. The zero-order chi connectivity index (χ0) is 9.54. The number of thiophene rings is 1. The monoisotopic (exact) mass is 334 g/mol. The van der Waals surface area contributed by atoms with Crippen LogP contribution in [0, 0.1) is 3.01 Å². The van der Waals surface area contributed by atoms with Crippen molar-refractivity contribution in [3.05, 3.63) is 19.5 Å². The van der Waals surface area contributed by atoms with Gasteiger partial charge in [0.25, 0.3) is 0 Å². The maximum Gasteiger partial charge on any atom is 0.178 e. The predicted octanol–water partition coefficient (Wildman–Crippen LogP) is 3.36. The van der Waals surface area contributed by atoms with Gasteiger partial charge in [-0.15, -0.1) is 21.5 Å². The molecule has 14 heavy (non-hydrogen) atoms. The highest BCUT2D eigenvalue weighted by Gasteiger charge is 2.17. The lowest BCUT2D eigenvalue weighted by molar-refractivity contribution is 0.915. The molecule has 2 aromatic heterocycles. The Morgan fingerprint density at radius 2 is 2.14 bits per heavy atom. The quantitative estimate of drug-likeness (QED) is 0.748. The Balaban J connectivity index is 2.05. The van der Waals surface area contributed by atoms with Crippen molar-refractivity contribution < 1.29 is 0 Å². The second-order valence-electron chi connectivity index (χ2n) is 3.27. The third-order valence-corrected chi connectivity index (χ3v) is 5.35. The third kappa shape index (κ3) is 1.51. The molecule has 0 unspecified atom stereocenters. The van der Waals surface area contributed by atoms with E-state index in [9.17, 15) is 0 Å². The first-order valence-corrected chi connectivity index (χ1v) is 7.15. The van der Waals surface area contributed by atoms with Gasteiger partial charge in [-0.25, -0.2) is 0 Å². The van der Waals surface area contributed by atoms with Crippen molar-refractivity contribution in [3.8, 4) is 9.88 Å². The van der Waals surface area contributed by atoms with Gasteiger partial charge < -0.3 is 0 Å². The summed E-state index contributed by atoms with van der Waals surface area (Å²) >= 11 is 5.78. The smallest absolute Gasteiger partial charge is 0.137 e. The maximum atomic E-state index is 4.17. The van der Waals surface area contributed by atoms with Crippen LogP contribution in [0.4, 0.5) is 0 Å². The molecule has 0 aliphatic heterocycles. The van der Waals surface area contributed by atoms with Crippen molar-refractivity contribution in [2.24, 2.45) is 0 Å². The number of rotatable bonds is 1. The van der Waals surface area contributed by atoms with Gasteiger partial charge in [-0.1, -0.05) is 11.3 Å². The average molecular weight is 334 g/mol. The highest BCUT2D eigenvalue weighted by Crippen LogP contribution is 2.37. The van der Waals surface area contributed by atoms with Gasteiger partial charge in [0.1, 0.15) is 0 Å². The van der Waals surface area contributed by atoms with E-state index >= 15 is 0 Å². The molecule has 0 fully saturated rings. The largest absolute Gasteiger partial charge is 0.178 e. The molecule has 5 heteroatoms. The molecular weight excluding hydrogens is 327 g/mol. The second kappa shape index (κ2) is 3.53. The lowest BCUT2D eigenvalue weighted by Crippen LogP contribution is -1.73. The van der Waals surface area contributed by atoms with Gasteiger partial charge in [0.15, 0.2) is 8.02 Å². The molecule has 2 heterocycles. The van der Waals surface area contributed by atoms with Crippen LogP contribution in [0.15, 0.2) is 6.07 Å². The van der Waals surface area contributed by atoms with E-state index in [1.165, 1.54) is 29.7 Å². The zero-order valence-electron chi connectivity index (χ0n) is 7.29. The molecule has 2 aromatic rings. The molecule has 0 bridgehead atoms. The Kier molecular flexibility index (Phi) is 2.33. The van der Waals surface area contributed by atoms with Gasteiger partial charge in [-0.05, 0) is 53.5 Å². The van der Waals surface area contributed by atoms with Crippen LogP contribution in [0.3, 0.4) is 0 Å². The fourth-order valence-corrected chi connectivity index (χ4v) is 4.34. The Morgan fingerprint density at radius 1 is 1.21 bits per heavy atom. The van der Waals surface area contributed by atoms with E-state index < -0.39 is 0 Å². The molecule has 1 aliphatic rings. The first-order chi connectivity index (χ1) is 6.83. The first kappa shape index (κ1) is 9.23. The normalized spacial score (nSPS) is 14.6. The minimum atomic E-state index is 1.02. The molecule has 0 saturated carbocycles. The molecular formula is C9H7IN2S2. The van der Waals surface area contributed by atoms with Gasteiger partial charge in [0.2, 0.25) is 0 Å². The summed E-state index contributed by atoms with van der Waals surface area (Å²) in [6, 6.07) is 2.30. The number of nitrogens with zero attached hydrogens (tertiary/aromatic N) is 2. The molecule has 2 nitrogen and oxygen atoms in total.